The number of rotatable bonds is 5. The molecule has 1 heterocycles. The zero-order valence-corrected chi connectivity index (χ0v) is 10.8. The predicted octanol–water partition coefficient (Wildman–Crippen LogP) is 3.36. The molecule has 0 fully saturated rings. The van der Waals surface area contributed by atoms with E-state index < -0.39 is 5.95 Å². The quantitative estimate of drug-likeness (QED) is 0.810. The second kappa shape index (κ2) is 6.18. The maximum Gasteiger partial charge on any atom is 0.212 e. The van der Waals surface area contributed by atoms with E-state index in [0.717, 1.165) is 18.5 Å². The van der Waals surface area contributed by atoms with Gasteiger partial charge in [0.05, 0.1) is 11.9 Å². The van der Waals surface area contributed by atoms with Crippen molar-refractivity contribution in [2.75, 3.05) is 5.32 Å². The second-order valence-corrected chi connectivity index (χ2v) is 4.62. The molecule has 0 aliphatic heterocycles. The van der Waals surface area contributed by atoms with Crippen molar-refractivity contribution in [3.63, 3.8) is 0 Å². The third-order valence-corrected chi connectivity index (χ3v) is 2.94. The predicted molar refractivity (Wildman–Crippen MR) is 73.7 cm³/mol. The Morgan fingerprint density at radius 1 is 1.21 bits per heavy atom. The van der Waals surface area contributed by atoms with Gasteiger partial charge in [-0.1, -0.05) is 12.1 Å². The molecule has 0 radical (unpaired) electrons. The van der Waals surface area contributed by atoms with Gasteiger partial charge in [0.1, 0.15) is 5.75 Å². The first-order valence-corrected chi connectivity index (χ1v) is 6.29. The number of hydrogen-bond acceptors (Lipinski definition) is 3. The Bertz CT molecular complexity index is 511. The minimum atomic E-state index is -0.470. The van der Waals surface area contributed by atoms with Gasteiger partial charge in [-0.15, -0.1) is 0 Å². The lowest BCUT2D eigenvalue weighted by molar-refractivity contribution is 0.475. The largest absolute Gasteiger partial charge is 0.508 e. The zero-order chi connectivity index (χ0) is 13.7. The summed E-state index contributed by atoms with van der Waals surface area (Å²) < 4.78 is 12.7. The summed E-state index contributed by atoms with van der Waals surface area (Å²) in [6.45, 7) is 2.07. The number of halogens is 1. The van der Waals surface area contributed by atoms with Crippen LogP contribution in [0.5, 0.6) is 5.75 Å². The second-order valence-electron chi connectivity index (χ2n) is 4.62. The van der Waals surface area contributed by atoms with E-state index in [9.17, 15) is 9.50 Å². The molecule has 0 saturated carbocycles. The SMILES string of the molecule is CC(CCc1ccc(O)cc1)Nc1ccc(F)nc1. The third kappa shape index (κ3) is 4.25. The van der Waals surface area contributed by atoms with Gasteiger partial charge in [-0.3, -0.25) is 0 Å². The van der Waals surface area contributed by atoms with Crippen LogP contribution in [0.2, 0.25) is 0 Å². The summed E-state index contributed by atoms with van der Waals surface area (Å²) in [5, 5.41) is 12.5. The Morgan fingerprint density at radius 2 is 1.95 bits per heavy atom. The molecule has 0 bridgehead atoms. The van der Waals surface area contributed by atoms with Crippen LogP contribution in [0.4, 0.5) is 10.1 Å². The minimum absolute atomic E-state index is 0.265. The highest BCUT2D eigenvalue weighted by atomic mass is 19.1. The van der Waals surface area contributed by atoms with Gasteiger partial charge >= 0.3 is 0 Å². The average molecular weight is 260 g/mol. The van der Waals surface area contributed by atoms with Crippen LogP contribution in [0, 0.1) is 5.95 Å². The number of phenols is 1. The molecule has 4 heteroatoms. The molecule has 1 atom stereocenters. The smallest absolute Gasteiger partial charge is 0.212 e. The first-order valence-electron chi connectivity index (χ1n) is 6.29. The highest BCUT2D eigenvalue weighted by molar-refractivity contribution is 5.40. The van der Waals surface area contributed by atoms with E-state index in [1.807, 2.05) is 12.1 Å². The van der Waals surface area contributed by atoms with Crippen LogP contribution in [0.25, 0.3) is 0 Å². The molecule has 0 amide bonds. The highest BCUT2D eigenvalue weighted by Crippen LogP contribution is 2.14. The van der Waals surface area contributed by atoms with E-state index in [2.05, 4.69) is 17.2 Å². The van der Waals surface area contributed by atoms with E-state index in [4.69, 9.17) is 0 Å². The summed E-state index contributed by atoms with van der Waals surface area (Å²) in [6.07, 6.45) is 3.36. The number of aromatic nitrogens is 1. The van der Waals surface area contributed by atoms with E-state index in [-0.39, 0.29) is 11.8 Å². The van der Waals surface area contributed by atoms with Crippen molar-refractivity contribution in [3.05, 3.63) is 54.1 Å². The Morgan fingerprint density at radius 3 is 2.58 bits per heavy atom. The molecule has 0 spiro atoms. The van der Waals surface area contributed by atoms with Gasteiger partial charge in [0.25, 0.3) is 0 Å². The molecule has 1 unspecified atom stereocenters. The van der Waals surface area contributed by atoms with Gasteiger partial charge in [-0.2, -0.15) is 4.39 Å². The lowest BCUT2D eigenvalue weighted by Crippen LogP contribution is -2.16. The van der Waals surface area contributed by atoms with E-state index in [1.54, 1.807) is 18.2 Å². The van der Waals surface area contributed by atoms with Gasteiger partial charge in [0.2, 0.25) is 5.95 Å². The van der Waals surface area contributed by atoms with Crippen molar-refractivity contribution in [2.45, 2.75) is 25.8 Å². The van der Waals surface area contributed by atoms with Crippen molar-refractivity contribution in [1.82, 2.24) is 4.98 Å². The summed E-state index contributed by atoms with van der Waals surface area (Å²) in [6, 6.07) is 10.5. The van der Waals surface area contributed by atoms with Crippen molar-refractivity contribution < 1.29 is 9.50 Å². The van der Waals surface area contributed by atoms with Crippen LogP contribution >= 0.6 is 0 Å². The topological polar surface area (TPSA) is 45.1 Å². The molecule has 2 rings (SSSR count). The maximum absolute atomic E-state index is 12.7. The van der Waals surface area contributed by atoms with Gasteiger partial charge in [0, 0.05) is 6.04 Å². The Kier molecular flexibility index (Phi) is 4.34. The van der Waals surface area contributed by atoms with Crippen LogP contribution in [-0.4, -0.2) is 16.1 Å². The standard InChI is InChI=1S/C15H17FN2O/c1-11(18-13-6-9-15(16)17-10-13)2-3-12-4-7-14(19)8-5-12/h4-11,18-19H,2-3H2,1H3. The Balaban J connectivity index is 1.82. The molecule has 2 N–H and O–H groups in total. The van der Waals surface area contributed by atoms with Gasteiger partial charge in [0.15, 0.2) is 0 Å². The van der Waals surface area contributed by atoms with Gasteiger partial charge in [-0.25, -0.2) is 4.98 Å². The molecule has 0 saturated heterocycles. The Labute approximate surface area is 112 Å². The molecule has 3 nitrogen and oxygen atoms in total. The number of hydrogen-bond donors (Lipinski definition) is 2. The fraction of sp³-hybridized carbons (Fsp3) is 0.267. The number of phenolic OH excluding ortho intramolecular Hbond substituents is 1. The van der Waals surface area contributed by atoms with Crippen LogP contribution in [0.15, 0.2) is 42.6 Å². The molecule has 2 aromatic rings. The molecule has 19 heavy (non-hydrogen) atoms. The molecular weight excluding hydrogens is 243 g/mol. The van der Waals surface area contributed by atoms with Crippen molar-refractivity contribution in [1.29, 1.82) is 0 Å². The van der Waals surface area contributed by atoms with Gasteiger partial charge in [-0.05, 0) is 49.6 Å². The number of pyridine rings is 1. The molecule has 100 valence electrons. The first-order chi connectivity index (χ1) is 9.13. The lowest BCUT2D eigenvalue weighted by atomic mass is 10.1. The van der Waals surface area contributed by atoms with Crippen molar-refractivity contribution >= 4 is 5.69 Å². The number of anilines is 1. The summed E-state index contributed by atoms with van der Waals surface area (Å²) >= 11 is 0. The zero-order valence-electron chi connectivity index (χ0n) is 10.8. The summed E-state index contributed by atoms with van der Waals surface area (Å²) in [5.74, 6) is -0.186. The molecule has 1 aromatic carbocycles. The third-order valence-electron chi connectivity index (χ3n) is 2.94. The van der Waals surface area contributed by atoms with Crippen molar-refractivity contribution in [3.8, 4) is 5.75 Å². The van der Waals surface area contributed by atoms with Gasteiger partial charge < -0.3 is 10.4 Å². The van der Waals surface area contributed by atoms with E-state index >= 15 is 0 Å². The summed E-state index contributed by atoms with van der Waals surface area (Å²) in [4.78, 5) is 3.60. The normalized spacial score (nSPS) is 12.1. The van der Waals surface area contributed by atoms with E-state index in [1.165, 1.54) is 17.8 Å². The minimum Gasteiger partial charge on any atom is -0.508 e. The number of benzene rings is 1. The first kappa shape index (κ1) is 13.3. The Hall–Kier alpha value is -2.10. The number of aryl methyl sites for hydroxylation is 1. The maximum atomic E-state index is 12.7. The molecule has 1 aromatic heterocycles. The fourth-order valence-corrected chi connectivity index (χ4v) is 1.86. The van der Waals surface area contributed by atoms with Crippen LogP contribution in [0.3, 0.4) is 0 Å². The number of aromatic hydroxyl groups is 1. The van der Waals surface area contributed by atoms with E-state index in [0.29, 0.717) is 0 Å². The summed E-state index contributed by atoms with van der Waals surface area (Å²) in [7, 11) is 0. The average Bonchev–Trinajstić information content (AvgIpc) is 2.41. The van der Waals surface area contributed by atoms with Crippen LogP contribution < -0.4 is 5.32 Å². The van der Waals surface area contributed by atoms with Crippen molar-refractivity contribution in [2.24, 2.45) is 0 Å². The molecule has 0 aliphatic carbocycles. The number of nitrogens with one attached hydrogen (secondary N) is 1. The highest BCUT2D eigenvalue weighted by Gasteiger charge is 2.03. The lowest BCUT2D eigenvalue weighted by Gasteiger charge is -2.14. The number of nitrogens with zero attached hydrogens (tertiary/aromatic N) is 1. The molecule has 0 aliphatic rings. The van der Waals surface area contributed by atoms with Crippen LogP contribution in [0.1, 0.15) is 18.9 Å². The summed E-state index contributed by atoms with van der Waals surface area (Å²) in [5.41, 5.74) is 2.00. The fourth-order valence-electron chi connectivity index (χ4n) is 1.86. The monoisotopic (exact) mass is 260 g/mol. The molecular formula is C15H17FN2O. The van der Waals surface area contributed by atoms with Crippen LogP contribution in [-0.2, 0) is 6.42 Å².